The highest BCUT2D eigenvalue weighted by Crippen LogP contribution is 2.26. The van der Waals surface area contributed by atoms with Crippen LogP contribution in [0.2, 0.25) is 0 Å². The van der Waals surface area contributed by atoms with Gasteiger partial charge >= 0.3 is 0 Å². The van der Waals surface area contributed by atoms with Crippen molar-refractivity contribution in [2.24, 2.45) is 0 Å². The third kappa shape index (κ3) is 3.62. The second kappa shape index (κ2) is 6.94. The summed E-state index contributed by atoms with van der Waals surface area (Å²) in [4.78, 5) is 12.4. The second-order valence-corrected chi connectivity index (χ2v) is 8.25. The van der Waals surface area contributed by atoms with Crippen LogP contribution in [0.25, 0.3) is 0 Å². The van der Waals surface area contributed by atoms with Crippen molar-refractivity contribution in [2.45, 2.75) is 19.8 Å². The highest BCUT2D eigenvalue weighted by molar-refractivity contribution is 7.93. The Balaban J connectivity index is 1.70. The maximum Gasteiger partial charge on any atom is 0.251 e. The van der Waals surface area contributed by atoms with Crippen LogP contribution in [-0.4, -0.2) is 46.3 Å². The zero-order valence-electron chi connectivity index (χ0n) is 13.8. The molecule has 7 heteroatoms. The molecule has 0 saturated carbocycles. The molecule has 0 radical (unpaired) electrons. The van der Waals surface area contributed by atoms with E-state index in [1.54, 1.807) is 18.2 Å². The maximum atomic E-state index is 12.4. The van der Waals surface area contributed by atoms with Crippen LogP contribution in [0.3, 0.4) is 0 Å². The zero-order valence-corrected chi connectivity index (χ0v) is 14.7. The fourth-order valence-corrected chi connectivity index (χ4v) is 4.66. The minimum absolute atomic E-state index is 0.122. The molecule has 1 aromatic carbocycles. The summed E-state index contributed by atoms with van der Waals surface area (Å²) in [5.74, 6) is 0.0703. The molecule has 1 saturated heterocycles. The molecule has 0 aromatic heterocycles. The van der Waals surface area contributed by atoms with Crippen LogP contribution in [0.4, 0.5) is 5.69 Å². The first-order valence-corrected chi connectivity index (χ1v) is 9.86. The number of aryl methyl sites for hydroxylation is 1. The van der Waals surface area contributed by atoms with Gasteiger partial charge in [-0.25, -0.2) is 8.42 Å². The summed E-state index contributed by atoms with van der Waals surface area (Å²) in [5.41, 5.74) is 3.25. The Labute approximate surface area is 143 Å². The van der Waals surface area contributed by atoms with Gasteiger partial charge in [-0.2, -0.15) is 0 Å². The van der Waals surface area contributed by atoms with Gasteiger partial charge in [0, 0.05) is 25.2 Å². The van der Waals surface area contributed by atoms with Gasteiger partial charge in [0.25, 0.3) is 5.91 Å². The molecule has 3 rings (SSSR count). The lowest BCUT2D eigenvalue weighted by Gasteiger charge is -2.19. The van der Waals surface area contributed by atoms with E-state index in [4.69, 9.17) is 0 Å². The minimum atomic E-state index is -3.20. The Morgan fingerprint density at radius 2 is 2.21 bits per heavy atom. The van der Waals surface area contributed by atoms with Gasteiger partial charge < -0.3 is 10.6 Å². The molecule has 1 aromatic rings. The van der Waals surface area contributed by atoms with Crippen molar-refractivity contribution in [2.75, 3.05) is 36.2 Å². The third-order valence-electron chi connectivity index (χ3n) is 4.48. The minimum Gasteiger partial charge on any atom is -0.348 e. The SMILES string of the molecule is Cc1cc(N2CCCS2(=O)=O)ccc1C(=O)NCC1=CCNCC1. The molecule has 2 N–H and O–H groups in total. The van der Waals surface area contributed by atoms with Crippen molar-refractivity contribution in [3.63, 3.8) is 0 Å². The molecule has 0 unspecified atom stereocenters. The average molecular weight is 349 g/mol. The highest BCUT2D eigenvalue weighted by atomic mass is 32.2. The Bertz CT molecular complexity index is 771. The summed E-state index contributed by atoms with van der Waals surface area (Å²) in [6.45, 7) is 4.70. The third-order valence-corrected chi connectivity index (χ3v) is 6.35. The van der Waals surface area contributed by atoms with E-state index in [-0.39, 0.29) is 11.7 Å². The molecule has 0 spiro atoms. The average Bonchev–Trinajstić information content (AvgIpc) is 2.92. The Morgan fingerprint density at radius 3 is 2.83 bits per heavy atom. The quantitative estimate of drug-likeness (QED) is 0.800. The molecule has 6 nitrogen and oxygen atoms in total. The van der Waals surface area contributed by atoms with Crippen LogP contribution >= 0.6 is 0 Å². The Hall–Kier alpha value is -1.86. The number of carbonyl (C=O) groups is 1. The van der Waals surface area contributed by atoms with Crippen LogP contribution in [0.15, 0.2) is 29.8 Å². The predicted octanol–water partition coefficient (Wildman–Crippen LogP) is 1.18. The summed E-state index contributed by atoms with van der Waals surface area (Å²) >= 11 is 0. The number of carbonyl (C=O) groups excluding carboxylic acids is 1. The topological polar surface area (TPSA) is 78.5 Å². The van der Waals surface area contributed by atoms with E-state index in [2.05, 4.69) is 16.7 Å². The summed E-state index contributed by atoms with van der Waals surface area (Å²) in [5, 5.41) is 6.19. The molecule has 2 aliphatic heterocycles. The van der Waals surface area contributed by atoms with E-state index < -0.39 is 10.0 Å². The van der Waals surface area contributed by atoms with Crippen LogP contribution in [-0.2, 0) is 10.0 Å². The summed E-state index contributed by atoms with van der Waals surface area (Å²) in [7, 11) is -3.20. The fraction of sp³-hybridized carbons (Fsp3) is 0.471. The van der Waals surface area contributed by atoms with E-state index >= 15 is 0 Å². The van der Waals surface area contributed by atoms with Crippen molar-refractivity contribution < 1.29 is 13.2 Å². The lowest BCUT2D eigenvalue weighted by molar-refractivity contribution is 0.0956. The first-order chi connectivity index (χ1) is 11.5. The van der Waals surface area contributed by atoms with Gasteiger partial charge in [-0.1, -0.05) is 11.6 Å². The van der Waals surface area contributed by atoms with Crippen molar-refractivity contribution in [3.05, 3.63) is 41.0 Å². The van der Waals surface area contributed by atoms with Gasteiger partial charge in [-0.05, 0) is 50.1 Å². The summed E-state index contributed by atoms with van der Waals surface area (Å²) in [6.07, 6.45) is 3.70. The number of rotatable bonds is 4. The van der Waals surface area contributed by atoms with Gasteiger partial charge in [-0.3, -0.25) is 9.10 Å². The molecule has 2 heterocycles. The molecule has 0 atom stereocenters. The van der Waals surface area contributed by atoms with Crippen molar-refractivity contribution in [1.82, 2.24) is 10.6 Å². The van der Waals surface area contributed by atoms with E-state index in [9.17, 15) is 13.2 Å². The first-order valence-electron chi connectivity index (χ1n) is 8.25. The number of anilines is 1. The number of amides is 1. The van der Waals surface area contributed by atoms with E-state index in [0.717, 1.165) is 25.1 Å². The lowest BCUT2D eigenvalue weighted by atomic mass is 10.1. The normalized spacial score (nSPS) is 19.9. The smallest absolute Gasteiger partial charge is 0.251 e. The van der Waals surface area contributed by atoms with Gasteiger partial charge in [0.2, 0.25) is 10.0 Å². The largest absolute Gasteiger partial charge is 0.348 e. The summed E-state index contributed by atoms with van der Waals surface area (Å²) < 4.78 is 25.4. The van der Waals surface area contributed by atoms with E-state index in [1.165, 1.54) is 9.88 Å². The lowest BCUT2D eigenvalue weighted by Crippen LogP contribution is -2.30. The van der Waals surface area contributed by atoms with Crippen molar-refractivity contribution in [1.29, 1.82) is 0 Å². The van der Waals surface area contributed by atoms with Crippen LogP contribution in [0.1, 0.15) is 28.8 Å². The standard InChI is InChI=1S/C17H23N3O3S/c1-13-11-15(20-9-2-10-24(20,22)23)3-4-16(13)17(21)19-12-14-5-7-18-8-6-14/h3-5,11,18H,2,6-10,12H2,1H3,(H,19,21). The summed E-state index contributed by atoms with van der Waals surface area (Å²) in [6, 6.07) is 5.21. The molecule has 24 heavy (non-hydrogen) atoms. The molecule has 1 amide bonds. The Kier molecular flexibility index (Phi) is 4.91. The molecule has 0 aliphatic carbocycles. The monoisotopic (exact) mass is 349 g/mol. The second-order valence-electron chi connectivity index (χ2n) is 6.24. The number of nitrogens with zero attached hydrogens (tertiary/aromatic N) is 1. The molecule has 130 valence electrons. The van der Waals surface area contributed by atoms with Gasteiger partial charge in [0.05, 0.1) is 11.4 Å². The number of benzene rings is 1. The molecule has 1 fully saturated rings. The van der Waals surface area contributed by atoms with Crippen LogP contribution in [0, 0.1) is 6.92 Å². The molecule has 0 bridgehead atoms. The first kappa shape index (κ1) is 17.0. The van der Waals surface area contributed by atoms with Gasteiger partial charge in [0.1, 0.15) is 0 Å². The number of hydrogen-bond acceptors (Lipinski definition) is 4. The van der Waals surface area contributed by atoms with E-state index in [1.807, 2.05) is 6.92 Å². The van der Waals surface area contributed by atoms with Crippen LogP contribution in [0.5, 0.6) is 0 Å². The van der Waals surface area contributed by atoms with Crippen molar-refractivity contribution >= 4 is 21.6 Å². The molecular formula is C17H23N3O3S. The zero-order chi connectivity index (χ0) is 17.2. The van der Waals surface area contributed by atoms with Gasteiger partial charge in [0.15, 0.2) is 0 Å². The Morgan fingerprint density at radius 1 is 1.38 bits per heavy atom. The van der Waals surface area contributed by atoms with Crippen LogP contribution < -0.4 is 14.9 Å². The molecule has 2 aliphatic rings. The van der Waals surface area contributed by atoms with E-state index in [0.29, 0.717) is 30.8 Å². The van der Waals surface area contributed by atoms with Crippen molar-refractivity contribution in [3.8, 4) is 0 Å². The number of nitrogens with one attached hydrogen (secondary N) is 2. The number of hydrogen-bond donors (Lipinski definition) is 2. The fourth-order valence-electron chi connectivity index (χ4n) is 3.11. The maximum absolute atomic E-state index is 12.4. The van der Waals surface area contributed by atoms with Gasteiger partial charge in [-0.15, -0.1) is 0 Å². The highest BCUT2D eigenvalue weighted by Gasteiger charge is 2.28. The molecular weight excluding hydrogens is 326 g/mol. The predicted molar refractivity (Wildman–Crippen MR) is 94.8 cm³/mol. The number of sulfonamides is 1.